The first kappa shape index (κ1) is 13.8. The fourth-order valence-corrected chi connectivity index (χ4v) is 3.26. The number of H-pyrrole nitrogens is 1. The highest BCUT2D eigenvalue weighted by atomic mass is 16.3. The highest BCUT2D eigenvalue weighted by Gasteiger charge is 2.25. The number of aromatic amines is 1. The van der Waals surface area contributed by atoms with Gasteiger partial charge in [-0.1, -0.05) is 23.8 Å². The van der Waals surface area contributed by atoms with Gasteiger partial charge in [-0.05, 0) is 61.2 Å². The predicted octanol–water partition coefficient (Wildman–Crippen LogP) is 4.39. The third-order valence-electron chi connectivity index (χ3n) is 4.46. The van der Waals surface area contributed by atoms with Crippen molar-refractivity contribution in [3.05, 3.63) is 70.4 Å². The van der Waals surface area contributed by atoms with Crippen LogP contribution in [0.25, 0.3) is 17.0 Å². The molecule has 0 aliphatic heterocycles. The van der Waals surface area contributed by atoms with E-state index in [0.717, 1.165) is 46.1 Å². The minimum atomic E-state index is 0.0770. The van der Waals surface area contributed by atoms with Gasteiger partial charge in [0.05, 0.1) is 5.69 Å². The molecular weight excluding hydrogens is 286 g/mol. The van der Waals surface area contributed by atoms with Crippen LogP contribution in [0, 0.1) is 6.92 Å². The van der Waals surface area contributed by atoms with Gasteiger partial charge in [0.15, 0.2) is 0 Å². The van der Waals surface area contributed by atoms with Gasteiger partial charge < -0.3 is 10.1 Å². The average molecular weight is 303 g/mol. The fraction of sp³-hybridized carbons (Fsp3) is 0.150. The zero-order chi connectivity index (χ0) is 16.0. The van der Waals surface area contributed by atoms with E-state index < -0.39 is 0 Å². The zero-order valence-corrected chi connectivity index (χ0v) is 12.9. The van der Waals surface area contributed by atoms with Crippen LogP contribution in [0.1, 0.15) is 33.6 Å². The monoisotopic (exact) mass is 303 g/mol. The Bertz CT molecular complexity index is 946. The standard InChI is InChI=1S/C20H17NO2/c1-12-2-9-18-17(10-12)16-8-5-14(20(23)19(16)21-18)11-13-3-6-15(22)7-4-13/h2-4,6-7,9-11,21-22H,5,8H2,1H3. The summed E-state index contributed by atoms with van der Waals surface area (Å²) in [5.41, 5.74) is 5.84. The van der Waals surface area contributed by atoms with Gasteiger partial charge >= 0.3 is 0 Å². The molecule has 2 N–H and O–H groups in total. The maximum absolute atomic E-state index is 12.8. The van der Waals surface area contributed by atoms with Crippen LogP contribution >= 0.6 is 0 Å². The van der Waals surface area contributed by atoms with Crippen molar-refractivity contribution >= 4 is 22.8 Å². The number of aromatic nitrogens is 1. The van der Waals surface area contributed by atoms with Gasteiger partial charge in [0.25, 0.3) is 0 Å². The Labute approximate surface area is 134 Å². The quantitative estimate of drug-likeness (QED) is 0.655. The van der Waals surface area contributed by atoms with E-state index in [0.29, 0.717) is 0 Å². The number of aryl methyl sites for hydroxylation is 2. The summed E-state index contributed by atoms with van der Waals surface area (Å²) in [4.78, 5) is 16.1. The summed E-state index contributed by atoms with van der Waals surface area (Å²) in [7, 11) is 0. The molecule has 0 radical (unpaired) electrons. The van der Waals surface area contributed by atoms with Gasteiger partial charge in [-0.3, -0.25) is 4.79 Å². The summed E-state index contributed by atoms with van der Waals surface area (Å²) in [6.07, 6.45) is 3.53. The number of benzene rings is 2. The number of phenols is 1. The van der Waals surface area contributed by atoms with E-state index in [4.69, 9.17) is 0 Å². The molecule has 4 rings (SSSR count). The Morgan fingerprint density at radius 1 is 1.09 bits per heavy atom. The first-order valence-corrected chi connectivity index (χ1v) is 7.77. The van der Waals surface area contributed by atoms with Crippen LogP contribution in [0.5, 0.6) is 5.75 Å². The second-order valence-electron chi connectivity index (χ2n) is 6.12. The number of fused-ring (bicyclic) bond motifs is 3. The third kappa shape index (κ3) is 2.34. The van der Waals surface area contributed by atoms with Crippen LogP contribution in [0.15, 0.2) is 48.0 Å². The molecule has 0 saturated carbocycles. The molecule has 0 atom stereocenters. The molecule has 0 saturated heterocycles. The lowest BCUT2D eigenvalue weighted by molar-refractivity contribution is 0.102. The van der Waals surface area contributed by atoms with Crippen LogP contribution in [-0.2, 0) is 6.42 Å². The largest absolute Gasteiger partial charge is 0.508 e. The van der Waals surface area contributed by atoms with Crippen molar-refractivity contribution in [1.29, 1.82) is 0 Å². The van der Waals surface area contributed by atoms with Crippen molar-refractivity contribution in [3.63, 3.8) is 0 Å². The summed E-state index contributed by atoms with van der Waals surface area (Å²) in [5, 5.41) is 10.5. The van der Waals surface area contributed by atoms with Gasteiger partial charge in [0.2, 0.25) is 5.78 Å². The van der Waals surface area contributed by atoms with E-state index in [1.54, 1.807) is 12.1 Å². The number of ketones is 1. The van der Waals surface area contributed by atoms with Gasteiger partial charge in [-0.2, -0.15) is 0 Å². The van der Waals surface area contributed by atoms with Crippen LogP contribution in [0.2, 0.25) is 0 Å². The van der Waals surface area contributed by atoms with Crippen molar-refractivity contribution in [2.75, 3.05) is 0 Å². The smallest absolute Gasteiger partial charge is 0.205 e. The van der Waals surface area contributed by atoms with E-state index in [1.807, 2.05) is 24.3 Å². The summed E-state index contributed by atoms with van der Waals surface area (Å²) < 4.78 is 0. The lowest BCUT2D eigenvalue weighted by Crippen LogP contribution is -2.13. The SMILES string of the molecule is Cc1ccc2[nH]c3c(c2c1)CCC(=Cc1ccc(O)cc1)C3=O. The number of rotatable bonds is 1. The number of aromatic hydroxyl groups is 1. The number of hydrogen-bond acceptors (Lipinski definition) is 2. The van der Waals surface area contributed by atoms with Crippen LogP contribution in [0.3, 0.4) is 0 Å². The minimum absolute atomic E-state index is 0.0770. The Kier molecular flexibility index (Phi) is 3.08. The molecule has 3 nitrogen and oxygen atoms in total. The molecular formula is C20H17NO2. The second kappa shape index (κ2) is 5.13. The molecule has 0 amide bonds. The van der Waals surface area contributed by atoms with Crippen molar-refractivity contribution < 1.29 is 9.90 Å². The van der Waals surface area contributed by atoms with Crippen molar-refractivity contribution in [3.8, 4) is 5.75 Å². The molecule has 3 aromatic rings. The Hall–Kier alpha value is -2.81. The lowest BCUT2D eigenvalue weighted by atomic mass is 9.89. The number of Topliss-reactive ketones (excluding diaryl/α,β-unsaturated/α-hetero) is 1. The van der Waals surface area contributed by atoms with Gasteiger partial charge in [0.1, 0.15) is 5.75 Å². The molecule has 0 bridgehead atoms. The zero-order valence-electron chi connectivity index (χ0n) is 12.9. The molecule has 3 heteroatoms. The topological polar surface area (TPSA) is 53.1 Å². The van der Waals surface area contributed by atoms with E-state index >= 15 is 0 Å². The first-order valence-electron chi connectivity index (χ1n) is 7.77. The summed E-state index contributed by atoms with van der Waals surface area (Å²) in [6, 6.07) is 13.2. The number of allylic oxidation sites excluding steroid dienone is 1. The fourth-order valence-electron chi connectivity index (χ4n) is 3.26. The van der Waals surface area contributed by atoms with Crippen LogP contribution in [-0.4, -0.2) is 15.9 Å². The Morgan fingerprint density at radius 3 is 2.65 bits per heavy atom. The van der Waals surface area contributed by atoms with E-state index in [-0.39, 0.29) is 11.5 Å². The van der Waals surface area contributed by atoms with Crippen molar-refractivity contribution in [1.82, 2.24) is 4.98 Å². The normalized spacial score (nSPS) is 16.0. The molecule has 1 aliphatic rings. The maximum atomic E-state index is 12.8. The second-order valence-corrected chi connectivity index (χ2v) is 6.12. The highest BCUT2D eigenvalue weighted by molar-refractivity contribution is 6.15. The maximum Gasteiger partial charge on any atom is 0.205 e. The van der Waals surface area contributed by atoms with Crippen molar-refractivity contribution in [2.45, 2.75) is 19.8 Å². The van der Waals surface area contributed by atoms with Gasteiger partial charge in [-0.25, -0.2) is 0 Å². The minimum Gasteiger partial charge on any atom is -0.508 e. The van der Waals surface area contributed by atoms with E-state index in [9.17, 15) is 9.90 Å². The number of carbonyl (C=O) groups excluding carboxylic acids is 1. The number of nitrogens with one attached hydrogen (secondary N) is 1. The third-order valence-corrected chi connectivity index (χ3v) is 4.46. The molecule has 114 valence electrons. The molecule has 0 spiro atoms. The molecule has 0 fully saturated rings. The lowest BCUT2D eigenvalue weighted by Gasteiger charge is -2.14. The summed E-state index contributed by atoms with van der Waals surface area (Å²) in [5.74, 6) is 0.309. The van der Waals surface area contributed by atoms with E-state index in [1.165, 1.54) is 5.56 Å². The molecule has 23 heavy (non-hydrogen) atoms. The number of hydrogen-bond donors (Lipinski definition) is 2. The van der Waals surface area contributed by atoms with Gasteiger partial charge in [-0.15, -0.1) is 0 Å². The van der Waals surface area contributed by atoms with Crippen LogP contribution in [0.4, 0.5) is 0 Å². The highest BCUT2D eigenvalue weighted by Crippen LogP contribution is 2.32. The molecule has 1 aliphatic carbocycles. The number of carbonyl (C=O) groups is 1. The average Bonchev–Trinajstić information content (AvgIpc) is 2.91. The molecule has 2 aromatic carbocycles. The first-order chi connectivity index (χ1) is 11.1. The van der Waals surface area contributed by atoms with Crippen LogP contribution < -0.4 is 0 Å². The predicted molar refractivity (Wildman–Crippen MR) is 91.8 cm³/mol. The van der Waals surface area contributed by atoms with Gasteiger partial charge in [0, 0.05) is 16.5 Å². The summed E-state index contributed by atoms with van der Waals surface area (Å²) >= 11 is 0. The Morgan fingerprint density at radius 2 is 1.87 bits per heavy atom. The molecule has 1 aromatic heterocycles. The summed E-state index contributed by atoms with van der Waals surface area (Å²) in [6.45, 7) is 2.07. The van der Waals surface area contributed by atoms with E-state index in [2.05, 4.69) is 24.0 Å². The molecule has 0 unspecified atom stereocenters. The molecule has 1 heterocycles. The Balaban J connectivity index is 1.77. The van der Waals surface area contributed by atoms with Crippen molar-refractivity contribution in [2.24, 2.45) is 0 Å². The number of phenolic OH excluding ortho intramolecular Hbond substituents is 1.